The maximum Gasteiger partial charge on any atom is 0.263 e. The fourth-order valence-electron chi connectivity index (χ4n) is 2.28. The van der Waals surface area contributed by atoms with Gasteiger partial charge < -0.3 is 10.6 Å². The zero-order valence-electron chi connectivity index (χ0n) is 13.2. The van der Waals surface area contributed by atoms with Gasteiger partial charge >= 0.3 is 0 Å². The average Bonchev–Trinajstić information content (AvgIpc) is 2.93. The van der Waals surface area contributed by atoms with Crippen LogP contribution in [0.4, 0.5) is 5.69 Å². The van der Waals surface area contributed by atoms with Crippen molar-refractivity contribution in [1.82, 2.24) is 5.32 Å². The Morgan fingerprint density at radius 1 is 1.12 bits per heavy atom. The molecule has 0 unspecified atom stereocenters. The third-order valence-corrected chi connectivity index (χ3v) is 5.69. The number of thiophene rings is 1. The molecular formula is C18H14Cl2N2O2S. The minimum absolute atomic E-state index is 0.158. The van der Waals surface area contributed by atoms with Crippen LogP contribution in [0, 0.1) is 6.92 Å². The summed E-state index contributed by atoms with van der Waals surface area (Å²) in [4.78, 5) is 24.7. The SMILES string of the molecule is Cc1ccc(NC(=O)CNC(=O)c2sc3ccccc3c2Cl)cc1Cl. The summed E-state index contributed by atoms with van der Waals surface area (Å²) in [5.41, 5.74) is 1.50. The molecule has 2 N–H and O–H groups in total. The van der Waals surface area contributed by atoms with Crippen LogP contribution in [0.15, 0.2) is 42.5 Å². The van der Waals surface area contributed by atoms with Crippen molar-refractivity contribution < 1.29 is 9.59 Å². The molecule has 7 heteroatoms. The van der Waals surface area contributed by atoms with Crippen molar-refractivity contribution >= 4 is 62.1 Å². The Morgan fingerprint density at radius 3 is 2.60 bits per heavy atom. The van der Waals surface area contributed by atoms with E-state index in [2.05, 4.69) is 10.6 Å². The van der Waals surface area contributed by atoms with E-state index in [1.807, 2.05) is 37.3 Å². The predicted octanol–water partition coefficient (Wildman–Crippen LogP) is 4.89. The Kier molecular flexibility index (Phi) is 5.27. The van der Waals surface area contributed by atoms with Crippen LogP contribution in [-0.4, -0.2) is 18.4 Å². The highest BCUT2D eigenvalue weighted by Crippen LogP contribution is 2.34. The molecule has 0 atom stereocenters. The first kappa shape index (κ1) is 17.7. The number of amides is 2. The van der Waals surface area contributed by atoms with Crippen LogP contribution in [0.5, 0.6) is 0 Å². The molecule has 1 aromatic heterocycles. The van der Waals surface area contributed by atoms with Crippen LogP contribution >= 0.6 is 34.5 Å². The lowest BCUT2D eigenvalue weighted by atomic mass is 10.2. The molecule has 1 heterocycles. The lowest BCUT2D eigenvalue weighted by molar-refractivity contribution is -0.115. The van der Waals surface area contributed by atoms with Gasteiger partial charge in [0.15, 0.2) is 0 Å². The van der Waals surface area contributed by atoms with E-state index in [-0.39, 0.29) is 18.4 Å². The van der Waals surface area contributed by atoms with Gasteiger partial charge in [-0.25, -0.2) is 0 Å². The Hall–Kier alpha value is -2.08. The number of hydrogen-bond acceptors (Lipinski definition) is 3. The molecule has 0 saturated heterocycles. The number of benzene rings is 2. The Morgan fingerprint density at radius 2 is 1.88 bits per heavy atom. The summed E-state index contributed by atoms with van der Waals surface area (Å²) in [6.07, 6.45) is 0. The molecule has 25 heavy (non-hydrogen) atoms. The molecule has 2 aromatic carbocycles. The maximum atomic E-state index is 12.3. The van der Waals surface area contributed by atoms with Gasteiger partial charge in [0.1, 0.15) is 4.88 Å². The summed E-state index contributed by atoms with van der Waals surface area (Å²) in [6, 6.07) is 12.7. The van der Waals surface area contributed by atoms with Gasteiger partial charge in [0.05, 0.1) is 11.6 Å². The van der Waals surface area contributed by atoms with Crippen molar-refractivity contribution in [3.05, 3.63) is 63.0 Å². The van der Waals surface area contributed by atoms with Gasteiger partial charge in [0, 0.05) is 20.8 Å². The molecule has 3 aromatic rings. The third-order valence-electron chi connectivity index (χ3n) is 3.61. The first-order valence-corrected chi connectivity index (χ1v) is 9.04. The van der Waals surface area contributed by atoms with Crippen molar-refractivity contribution in [2.75, 3.05) is 11.9 Å². The molecule has 128 valence electrons. The molecule has 0 saturated carbocycles. The highest BCUT2D eigenvalue weighted by Gasteiger charge is 2.17. The van der Waals surface area contributed by atoms with E-state index in [4.69, 9.17) is 23.2 Å². The fourth-order valence-corrected chi connectivity index (χ4v) is 3.89. The van der Waals surface area contributed by atoms with Crippen molar-refractivity contribution in [2.24, 2.45) is 0 Å². The van der Waals surface area contributed by atoms with E-state index in [9.17, 15) is 9.59 Å². The summed E-state index contributed by atoms with van der Waals surface area (Å²) in [5, 5.41) is 7.09. The number of carbonyl (C=O) groups excluding carboxylic acids is 2. The number of hydrogen-bond donors (Lipinski definition) is 2. The summed E-state index contributed by atoms with van der Waals surface area (Å²) in [5.74, 6) is -0.714. The van der Waals surface area contributed by atoms with Crippen LogP contribution in [0.25, 0.3) is 10.1 Å². The largest absolute Gasteiger partial charge is 0.342 e. The van der Waals surface area contributed by atoms with Crippen LogP contribution in [-0.2, 0) is 4.79 Å². The molecule has 0 aliphatic carbocycles. The number of halogens is 2. The van der Waals surface area contributed by atoms with E-state index < -0.39 is 0 Å². The van der Waals surface area contributed by atoms with Gasteiger partial charge in [-0.05, 0) is 30.7 Å². The average molecular weight is 393 g/mol. The van der Waals surface area contributed by atoms with Crippen LogP contribution < -0.4 is 10.6 Å². The molecule has 0 fully saturated rings. The number of rotatable bonds is 4. The fraction of sp³-hybridized carbons (Fsp3) is 0.111. The van der Waals surface area contributed by atoms with E-state index in [0.29, 0.717) is 20.6 Å². The second-order valence-electron chi connectivity index (χ2n) is 5.44. The predicted molar refractivity (Wildman–Crippen MR) is 104 cm³/mol. The number of carbonyl (C=O) groups is 2. The zero-order chi connectivity index (χ0) is 18.0. The van der Waals surface area contributed by atoms with Gasteiger partial charge in [-0.3, -0.25) is 9.59 Å². The Bertz CT molecular complexity index is 969. The van der Waals surface area contributed by atoms with E-state index in [0.717, 1.165) is 15.6 Å². The van der Waals surface area contributed by atoms with E-state index >= 15 is 0 Å². The smallest absolute Gasteiger partial charge is 0.263 e. The first-order chi connectivity index (χ1) is 12.0. The van der Waals surface area contributed by atoms with Crippen molar-refractivity contribution in [2.45, 2.75) is 6.92 Å². The lowest BCUT2D eigenvalue weighted by Gasteiger charge is -2.08. The van der Waals surface area contributed by atoms with E-state index in [1.165, 1.54) is 11.3 Å². The lowest BCUT2D eigenvalue weighted by Crippen LogP contribution is -2.32. The number of nitrogens with one attached hydrogen (secondary N) is 2. The summed E-state index contributed by atoms with van der Waals surface area (Å²) in [6.45, 7) is 1.72. The normalized spacial score (nSPS) is 10.7. The molecule has 4 nitrogen and oxygen atoms in total. The van der Waals surface area contributed by atoms with Gasteiger partial charge in [0.2, 0.25) is 5.91 Å². The topological polar surface area (TPSA) is 58.2 Å². The van der Waals surface area contributed by atoms with Crippen molar-refractivity contribution in [1.29, 1.82) is 0 Å². The van der Waals surface area contributed by atoms with Crippen LogP contribution in [0.3, 0.4) is 0 Å². The minimum atomic E-state index is -0.372. The maximum absolute atomic E-state index is 12.3. The quantitative estimate of drug-likeness (QED) is 0.664. The van der Waals surface area contributed by atoms with Gasteiger partial charge in [0.25, 0.3) is 5.91 Å². The molecule has 3 rings (SSSR count). The number of anilines is 1. The molecule has 0 aliphatic rings. The highest BCUT2D eigenvalue weighted by atomic mass is 35.5. The molecular weight excluding hydrogens is 379 g/mol. The minimum Gasteiger partial charge on any atom is -0.342 e. The Balaban J connectivity index is 1.64. The molecule has 0 aliphatic heterocycles. The molecule has 0 radical (unpaired) electrons. The Labute approximate surface area is 158 Å². The number of fused-ring (bicyclic) bond motifs is 1. The number of aryl methyl sites for hydroxylation is 1. The second-order valence-corrected chi connectivity index (χ2v) is 7.27. The monoisotopic (exact) mass is 392 g/mol. The van der Waals surface area contributed by atoms with Crippen LogP contribution in [0.2, 0.25) is 10.0 Å². The standard InChI is InChI=1S/C18H14Cl2N2O2S/c1-10-6-7-11(8-13(10)19)22-15(23)9-21-18(24)17-16(20)12-4-2-3-5-14(12)25-17/h2-8H,9H2,1H3,(H,21,24)(H,22,23). The highest BCUT2D eigenvalue weighted by molar-refractivity contribution is 7.21. The van der Waals surface area contributed by atoms with Gasteiger partial charge in [-0.2, -0.15) is 0 Å². The zero-order valence-corrected chi connectivity index (χ0v) is 15.6. The third kappa shape index (κ3) is 3.95. The van der Waals surface area contributed by atoms with Gasteiger partial charge in [-0.15, -0.1) is 11.3 Å². The second kappa shape index (κ2) is 7.44. The molecule has 2 amide bonds. The summed E-state index contributed by atoms with van der Waals surface area (Å²) in [7, 11) is 0. The summed E-state index contributed by atoms with van der Waals surface area (Å²) >= 11 is 13.6. The summed E-state index contributed by atoms with van der Waals surface area (Å²) < 4.78 is 0.927. The van der Waals surface area contributed by atoms with Gasteiger partial charge in [-0.1, -0.05) is 47.5 Å². The van der Waals surface area contributed by atoms with E-state index in [1.54, 1.807) is 12.1 Å². The van der Waals surface area contributed by atoms with Crippen molar-refractivity contribution in [3.8, 4) is 0 Å². The molecule has 0 spiro atoms. The van der Waals surface area contributed by atoms with Crippen LogP contribution in [0.1, 0.15) is 15.2 Å². The molecule has 0 bridgehead atoms. The first-order valence-electron chi connectivity index (χ1n) is 7.47. The van der Waals surface area contributed by atoms with Crippen molar-refractivity contribution in [3.63, 3.8) is 0 Å².